The highest BCUT2D eigenvalue weighted by atomic mass is 79.9. The third-order valence-corrected chi connectivity index (χ3v) is 5.69. The van der Waals surface area contributed by atoms with Crippen LogP contribution in [0.3, 0.4) is 0 Å². The average molecular weight is 468 g/mol. The maximum absolute atomic E-state index is 13.5. The molecule has 7 heteroatoms. The molecule has 2 unspecified atom stereocenters. The number of aliphatic hydroxyl groups is 1. The number of benzene rings is 2. The molecule has 0 saturated carbocycles. The summed E-state index contributed by atoms with van der Waals surface area (Å²) < 4.78 is 43.1. The van der Waals surface area contributed by atoms with E-state index in [2.05, 4.69) is 15.9 Å². The molecule has 2 aromatic carbocycles. The van der Waals surface area contributed by atoms with E-state index in [1.54, 1.807) is 35.8 Å². The first-order chi connectivity index (χ1) is 13.4. The van der Waals surface area contributed by atoms with E-state index in [-0.39, 0.29) is 11.8 Å². The molecule has 0 aliphatic rings. The predicted octanol–water partition coefficient (Wildman–Crippen LogP) is 5.43. The minimum Gasteiger partial charge on any atom is -0.381 e. The second-order valence-corrected chi connectivity index (χ2v) is 8.73. The zero-order chi connectivity index (χ0) is 21.4. The largest absolute Gasteiger partial charge is 0.416 e. The molecule has 0 radical (unpaired) electrons. The lowest BCUT2D eigenvalue weighted by Gasteiger charge is -2.40. The van der Waals surface area contributed by atoms with Crippen molar-refractivity contribution in [2.75, 3.05) is 0 Å². The average Bonchev–Trinajstić information content (AvgIpc) is 2.60. The Bertz CT molecular complexity index is 1090. The number of aromatic nitrogens is 1. The SMILES string of the molecule is CC(Cc1cccc(Br)c1)(CC(C)(O)C(F)(F)F)n1ccc(=O)c2ccccc21. The fraction of sp³-hybridized carbons (Fsp3) is 0.318. The summed E-state index contributed by atoms with van der Waals surface area (Å²) in [7, 11) is 0. The summed E-state index contributed by atoms with van der Waals surface area (Å²) in [5.74, 6) is 0. The van der Waals surface area contributed by atoms with Crippen molar-refractivity contribution >= 4 is 26.8 Å². The number of alkyl halides is 3. The number of rotatable bonds is 5. The smallest absolute Gasteiger partial charge is 0.381 e. The van der Waals surface area contributed by atoms with Crippen LogP contribution in [0.15, 0.2) is 70.1 Å². The van der Waals surface area contributed by atoms with E-state index >= 15 is 0 Å². The van der Waals surface area contributed by atoms with Crippen molar-refractivity contribution in [1.82, 2.24) is 4.57 Å². The van der Waals surface area contributed by atoms with Gasteiger partial charge in [-0.25, -0.2) is 0 Å². The van der Waals surface area contributed by atoms with Gasteiger partial charge in [0.1, 0.15) is 0 Å². The molecule has 3 aromatic rings. The second kappa shape index (κ2) is 7.61. The molecule has 0 fully saturated rings. The van der Waals surface area contributed by atoms with Gasteiger partial charge >= 0.3 is 6.18 Å². The minimum absolute atomic E-state index is 0.204. The van der Waals surface area contributed by atoms with Crippen LogP contribution in [0.2, 0.25) is 0 Å². The number of hydrogen-bond acceptors (Lipinski definition) is 2. The number of pyridine rings is 1. The van der Waals surface area contributed by atoms with Crippen molar-refractivity contribution in [3.63, 3.8) is 0 Å². The topological polar surface area (TPSA) is 42.2 Å². The molecule has 1 aromatic heterocycles. The van der Waals surface area contributed by atoms with Gasteiger partial charge in [-0.3, -0.25) is 4.79 Å². The summed E-state index contributed by atoms with van der Waals surface area (Å²) >= 11 is 3.39. The Morgan fingerprint density at radius 3 is 2.38 bits per heavy atom. The second-order valence-electron chi connectivity index (χ2n) is 7.82. The number of para-hydroxylation sites is 1. The van der Waals surface area contributed by atoms with Gasteiger partial charge < -0.3 is 9.67 Å². The van der Waals surface area contributed by atoms with E-state index in [9.17, 15) is 23.1 Å². The molecule has 0 spiro atoms. The van der Waals surface area contributed by atoms with E-state index in [0.29, 0.717) is 10.9 Å². The van der Waals surface area contributed by atoms with Gasteiger partial charge in [-0.05, 0) is 50.1 Å². The van der Waals surface area contributed by atoms with Gasteiger partial charge in [0.05, 0.1) is 5.52 Å². The highest BCUT2D eigenvalue weighted by molar-refractivity contribution is 9.10. The molecular formula is C22H21BrF3NO2. The highest BCUT2D eigenvalue weighted by Crippen LogP contribution is 2.41. The molecule has 1 heterocycles. The van der Waals surface area contributed by atoms with Crippen LogP contribution >= 0.6 is 15.9 Å². The summed E-state index contributed by atoms with van der Waals surface area (Å²) in [6.07, 6.45) is -3.64. The Balaban J connectivity index is 2.21. The molecule has 0 saturated heterocycles. The fourth-order valence-corrected chi connectivity index (χ4v) is 4.28. The highest BCUT2D eigenvalue weighted by Gasteiger charge is 2.53. The molecule has 0 aliphatic carbocycles. The normalized spacial score (nSPS) is 16.4. The van der Waals surface area contributed by atoms with Crippen molar-refractivity contribution in [3.05, 3.63) is 81.1 Å². The zero-order valence-electron chi connectivity index (χ0n) is 16.0. The van der Waals surface area contributed by atoms with Gasteiger partial charge in [0.2, 0.25) is 0 Å². The van der Waals surface area contributed by atoms with Crippen molar-refractivity contribution in [3.8, 4) is 0 Å². The quantitative estimate of drug-likeness (QED) is 0.543. The lowest BCUT2D eigenvalue weighted by atomic mass is 9.81. The summed E-state index contributed by atoms with van der Waals surface area (Å²) in [6, 6.07) is 15.5. The Hall–Kier alpha value is -2.12. The maximum atomic E-state index is 13.5. The van der Waals surface area contributed by atoms with Crippen molar-refractivity contribution in [1.29, 1.82) is 0 Å². The molecule has 3 rings (SSSR count). The number of hydrogen-bond donors (Lipinski definition) is 1. The Labute approximate surface area is 174 Å². The first kappa shape index (κ1) is 21.6. The predicted molar refractivity (Wildman–Crippen MR) is 111 cm³/mol. The van der Waals surface area contributed by atoms with E-state index in [4.69, 9.17) is 0 Å². The molecule has 0 bridgehead atoms. The molecule has 0 aliphatic heterocycles. The molecule has 2 atom stereocenters. The van der Waals surface area contributed by atoms with Crippen molar-refractivity contribution in [2.24, 2.45) is 0 Å². The van der Waals surface area contributed by atoms with Gasteiger partial charge in [0.15, 0.2) is 11.0 Å². The molecule has 29 heavy (non-hydrogen) atoms. The maximum Gasteiger partial charge on any atom is 0.416 e. The zero-order valence-corrected chi connectivity index (χ0v) is 17.6. The number of halogens is 4. The third kappa shape index (κ3) is 4.41. The minimum atomic E-state index is -4.79. The van der Waals surface area contributed by atoms with Gasteiger partial charge in [-0.15, -0.1) is 0 Å². The van der Waals surface area contributed by atoms with E-state index in [1.165, 1.54) is 12.3 Å². The van der Waals surface area contributed by atoms with Crippen LogP contribution in [0.5, 0.6) is 0 Å². The molecular weight excluding hydrogens is 447 g/mol. The van der Waals surface area contributed by atoms with Crippen LogP contribution in [-0.4, -0.2) is 21.5 Å². The summed E-state index contributed by atoms with van der Waals surface area (Å²) in [5, 5.41) is 10.7. The molecule has 3 nitrogen and oxygen atoms in total. The summed E-state index contributed by atoms with van der Waals surface area (Å²) in [4.78, 5) is 12.3. The van der Waals surface area contributed by atoms with Crippen LogP contribution in [0.1, 0.15) is 25.8 Å². The van der Waals surface area contributed by atoms with Gasteiger partial charge in [-0.2, -0.15) is 13.2 Å². The van der Waals surface area contributed by atoms with Crippen LogP contribution in [-0.2, 0) is 12.0 Å². The van der Waals surface area contributed by atoms with E-state index in [1.807, 2.05) is 24.3 Å². The van der Waals surface area contributed by atoms with Gasteiger partial charge in [-0.1, -0.05) is 40.2 Å². The van der Waals surface area contributed by atoms with Gasteiger partial charge in [0.25, 0.3) is 0 Å². The first-order valence-corrected chi connectivity index (χ1v) is 9.87. The lowest BCUT2D eigenvalue weighted by Crippen LogP contribution is -2.50. The molecule has 0 amide bonds. The van der Waals surface area contributed by atoms with Crippen LogP contribution in [0.25, 0.3) is 10.9 Å². The number of fused-ring (bicyclic) bond motifs is 1. The number of nitrogens with zero attached hydrogens (tertiary/aromatic N) is 1. The van der Waals surface area contributed by atoms with Crippen LogP contribution in [0.4, 0.5) is 13.2 Å². The fourth-order valence-electron chi connectivity index (χ4n) is 3.84. The summed E-state index contributed by atoms with van der Waals surface area (Å²) in [5.41, 5.74) is -2.94. The van der Waals surface area contributed by atoms with E-state index in [0.717, 1.165) is 17.0 Å². The summed E-state index contributed by atoms with van der Waals surface area (Å²) in [6.45, 7) is 2.46. The Morgan fingerprint density at radius 2 is 1.72 bits per heavy atom. The molecule has 154 valence electrons. The Morgan fingerprint density at radius 1 is 1.03 bits per heavy atom. The van der Waals surface area contributed by atoms with Crippen molar-refractivity contribution in [2.45, 2.75) is 44.0 Å². The molecule has 1 N–H and O–H groups in total. The Kier molecular flexibility index (Phi) is 5.66. The van der Waals surface area contributed by atoms with Crippen LogP contribution < -0.4 is 5.43 Å². The van der Waals surface area contributed by atoms with Crippen molar-refractivity contribution < 1.29 is 18.3 Å². The first-order valence-electron chi connectivity index (χ1n) is 9.07. The third-order valence-electron chi connectivity index (χ3n) is 5.20. The van der Waals surface area contributed by atoms with Crippen LogP contribution in [0, 0.1) is 0 Å². The monoisotopic (exact) mass is 467 g/mol. The van der Waals surface area contributed by atoms with E-state index < -0.39 is 23.7 Å². The standard InChI is InChI=1S/C22H21BrF3NO2/c1-20(14-21(2,29)22(24,25)26,13-15-6-5-7-16(23)12-15)27-11-10-19(28)17-8-3-4-9-18(17)27/h3-12,29H,13-14H2,1-2H3. The van der Waals surface area contributed by atoms with Gasteiger partial charge in [0, 0.05) is 34.1 Å². The lowest BCUT2D eigenvalue weighted by molar-refractivity contribution is -0.261.